The molecule has 25 heavy (non-hydrogen) atoms. The summed E-state index contributed by atoms with van der Waals surface area (Å²) in [5.41, 5.74) is 1.66. The van der Waals surface area contributed by atoms with Crippen molar-refractivity contribution in [2.24, 2.45) is 13.0 Å². The molecule has 1 fully saturated rings. The van der Waals surface area contributed by atoms with Crippen LogP contribution in [0.15, 0.2) is 29.1 Å². The van der Waals surface area contributed by atoms with Crippen molar-refractivity contribution in [3.05, 3.63) is 40.2 Å². The maximum absolute atomic E-state index is 12.6. The molecule has 1 aromatic carbocycles. The van der Waals surface area contributed by atoms with E-state index in [2.05, 4.69) is 22.2 Å². The molecule has 1 N–H and O–H groups in total. The Morgan fingerprint density at radius 3 is 2.72 bits per heavy atom. The molecule has 1 saturated heterocycles. The molecule has 2 aromatic rings. The van der Waals surface area contributed by atoms with Crippen LogP contribution in [0, 0.1) is 29.6 Å². The first-order valence-electron chi connectivity index (χ1n) is 8.58. The van der Waals surface area contributed by atoms with E-state index in [0.717, 1.165) is 49.1 Å². The first-order valence-corrected chi connectivity index (χ1v) is 8.58. The van der Waals surface area contributed by atoms with Crippen LogP contribution >= 0.6 is 0 Å². The highest BCUT2D eigenvalue weighted by Gasteiger charge is 2.24. The highest BCUT2D eigenvalue weighted by molar-refractivity contribution is 5.94. The summed E-state index contributed by atoms with van der Waals surface area (Å²) in [7, 11) is 1.72. The smallest absolute Gasteiger partial charge is 0.270 e. The number of aryl methyl sites for hydroxylation is 1. The lowest BCUT2D eigenvalue weighted by Gasteiger charge is -2.35. The number of anilines is 1. The molecule has 0 bridgehead atoms. The number of para-hydroxylation sites is 1. The van der Waals surface area contributed by atoms with E-state index in [0.29, 0.717) is 12.5 Å². The van der Waals surface area contributed by atoms with E-state index in [1.54, 1.807) is 11.6 Å². The van der Waals surface area contributed by atoms with Crippen LogP contribution in [0.1, 0.15) is 18.4 Å². The Morgan fingerprint density at radius 1 is 1.32 bits per heavy atom. The number of terminal acetylenes is 1. The standard InChI is InChI=1S/C20H22N4O/c1-3-10-22-14-15-8-11-24(12-9-15)19-16-6-4-5-7-18(16)23(2)20(25)17(19)13-21/h1,4-7,15,22H,8-12,14H2,2H3. The van der Waals surface area contributed by atoms with Gasteiger partial charge in [-0.2, -0.15) is 5.26 Å². The Morgan fingerprint density at radius 2 is 2.04 bits per heavy atom. The molecule has 0 radical (unpaired) electrons. The topological polar surface area (TPSA) is 61.1 Å². The Hall–Kier alpha value is -2.76. The van der Waals surface area contributed by atoms with Gasteiger partial charge in [0.1, 0.15) is 11.6 Å². The van der Waals surface area contributed by atoms with Gasteiger partial charge >= 0.3 is 0 Å². The number of rotatable bonds is 4. The summed E-state index contributed by atoms with van der Waals surface area (Å²) in [5.74, 6) is 3.17. The van der Waals surface area contributed by atoms with Crippen molar-refractivity contribution < 1.29 is 0 Å². The summed E-state index contributed by atoms with van der Waals surface area (Å²) >= 11 is 0. The van der Waals surface area contributed by atoms with E-state index in [-0.39, 0.29) is 11.1 Å². The van der Waals surface area contributed by atoms with Gasteiger partial charge in [0.05, 0.1) is 17.7 Å². The van der Waals surface area contributed by atoms with E-state index < -0.39 is 0 Å². The predicted molar refractivity (Wildman–Crippen MR) is 101 cm³/mol. The van der Waals surface area contributed by atoms with Gasteiger partial charge < -0.3 is 14.8 Å². The Balaban J connectivity index is 1.92. The van der Waals surface area contributed by atoms with Gasteiger partial charge in [-0.15, -0.1) is 6.42 Å². The normalized spacial score (nSPS) is 15.1. The van der Waals surface area contributed by atoms with Crippen LogP contribution in [0.4, 0.5) is 5.69 Å². The van der Waals surface area contributed by atoms with Crippen molar-refractivity contribution in [2.75, 3.05) is 31.1 Å². The Bertz CT molecular complexity index is 908. The number of pyridine rings is 1. The molecule has 0 aliphatic carbocycles. The van der Waals surface area contributed by atoms with Crippen molar-refractivity contribution in [1.29, 1.82) is 5.26 Å². The highest BCUT2D eigenvalue weighted by Crippen LogP contribution is 2.31. The van der Waals surface area contributed by atoms with Gasteiger partial charge in [-0.25, -0.2) is 0 Å². The number of aromatic nitrogens is 1. The molecule has 5 heteroatoms. The summed E-state index contributed by atoms with van der Waals surface area (Å²) in [4.78, 5) is 14.8. The molecular weight excluding hydrogens is 312 g/mol. The number of nitrogens with zero attached hydrogens (tertiary/aromatic N) is 3. The second-order valence-electron chi connectivity index (χ2n) is 6.48. The monoisotopic (exact) mass is 334 g/mol. The van der Waals surface area contributed by atoms with Crippen molar-refractivity contribution in [1.82, 2.24) is 9.88 Å². The SMILES string of the molecule is C#CCNCC1CCN(c2c(C#N)c(=O)n(C)c3ccccc23)CC1. The molecule has 0 spiro atoms. The summed E-state index contributed by atoms with van der Waals surface area (Å²) in [6, 6.07) is 9.93. The van der Waals surface area contributed by atoms with Crippen LogP contribution in [0.2, 0.25) is 0 Å². The summed E-state index contributed by atoms with van der Waals surface area (Å²) < 4.78 is 1.56. The van der Waals surface area contributed by atoms with Crippen molar-refractivity contribution in [3.8, 4) is 18.4 Å². The van der Waals surface area contributed by atoms with Gasteiger partial charge in [0.25, 0.3) is 5.56 Å². The fourth-order valence-corrected chi connectivity index (χ4v) is 3.62. The van der Waals surface area contributed by atoms with Gasteiger partial charge in [0, 0.05) is 25.5 Å². The molecule has 3 rings (SSSR count). The zero-order valence-electron chi connectivity index (χ0n) is 14.5. The zero-order valence-corrected chi connectivity index (χ0v) is 14.5. The number of nitrogens with one attached hydrogen (secondary N) is 1. The summed E-state index contributed by atoms with van der Waals surface area (Å²) in [6.45, 7) is 3.20. The van der Waals surface area contributed by atoms with Crippen LogP contribution < -0.4 is 15.8 Å². The minimum absolute atomic E-state index is 0.228. The number of hydrogen-bond acceptors (Lipinski definition) is 4. The molecule has 0 amide bonds. The number of piperidine rings is 1. The third kappa shape index (κ3) is 3.24. The molecule has 5 nitrogen and oxygen atoms in total. The minimum Gasteiger partial charge on any atom is -0.370 e. The van der Waals surface area contributed by atoms with Crippen LogP contribution in [0.25, 0.3) is 10.9 Å². The van der Waals surface area contributed by atoms with Crippen molar-refractivity contribution >= 4 is 16.6 Å². The number of nitriles is 1. The molecule has 0 unspecified atom stereocenters. The maximum Gasteiger partial charge on any atom is 0.270 e. The summed E-state index contributed by atoms with van der Waals surface area (Å²) in [6.07, 6.45) is 7.31. The third-order valence-electron chi connectivity index (χ3n) is 4.98. The lowest BCUT2D eigenvalue weighted by atomic mass is 9.95. The van der Waals surface area contributed by atoms with Crippen LogP contribution in [0.5, 0.6) is 0 Å². The predicted octanol–water partition coefficient (Wildman–Crippen LogP) is 1.85. The second-order valence-corrected chi connectivity index (χ2v) is 6.48. The molecule has 1 aromatic heterocycles. The third-order valence-corrected chi connectivity index (χ3v) is 4.98. The Labute approximate surface area is 147 Å². The molecule has 128 valence electrons. The quantitative estimate of drug-likeness (QED) is 0.685. The Kier molecular flexibility index (Phi) is 5.07. The summed E-state index contributed by atoms with van der Waals surface area (Å²) in [5, 5.41) is 13.8. The van der Waals surface area contributed by atoms with Gasteiger partial charge in [0.2, 0.25) is 0 Å². The molecule has 0 saturated carbocycles. The number of fused-ring (bicyclic) bond motifs is 1. The molecule has 1 aliphatic heterocycles. The zero-order chi connectivity index (χ0) is 17.8. The van der Waals surface area contributed by atoms with E-state index in [9.17, 15) is 10.1 Å². The number of benzene rings is 1. The molecule has 1 aliphatic rings. The molecule has 0 atom stereocenters. The van der Waals surface area contributed by atoms with Crippen LogP contribution in [-0.2, 0) is 7.05 Å². The first kappa shape index (κ1) is 17.1. The second kappa shape index (κ2) is 7.42. The average Bonchev–Trinajstić information content (AvgIpc) is 2.65. The average molecular weight is 334 g/mol. The first-order chi connectivity index (χ1) is 12.2. The van der Waals surface area contributed by atoms with Gasteiger partial charge in [-0.3, -0.25) is 4.79 Å². The van der Waals surface area contributed by atoms with E-state index in [1.165, 1.54) is 0 Å². The van der Waals surface area contributed by atoms with E-state index >= 15 is 0 Å². The molecule has 2 heterocycles. The fourth-order valence-electron chi connectivity index (χ4n) is 3.62. The minimum atomic E-state index is -0.228. The number of hydrogen-bond donors (Lipinski definition) is 1. The van der Waals surface area contributed by atoms with E-state index in [4.69, 9.17) is 6.42 Å². The van der Waals surface area contributed by atoms with Crippen molar-refractivity contribution in [3.63, 3.8) is 0 Å². The van der Waals surface area contributed by atoms with Crippen LogP contribution in [0.3, 0.4) is 0 Å². The largest absolute Gasteiger partial charge is 0.370 e. The highest BCUT2D eigenvalue weighted by atomic mass is 16.1. The molecular formula is C20H22N4O. The van der Waals surface area contributed by atoms with Gasteiger partial charge in [-0.1, -0.05) is 24.1 Å². The lowest BCUT2D eigenvalue weighted by molar-refractivity contribution is 0.390. The lowest BCUT2D eigenvalue weighted by Crippen LogP contribution is -2.39. The van der Waals surface area contributed by atoms with Crippen LogP contribution in [-0.4, -0.2) is 30.7 Å². The maximum atomic E-state index is 12.6. The van der Waals surface area contributed by atoms with Crippen molar-refractivity contribution in [2.45, 2.75) is 12.8 Å². The van der Waals surface area contributed by atoms with Gasteiger partial charge in [-0.05, 0) is 31.4 Å². The van der Waals surface area contributed by atoms with Gasteiger partial charge in [0.15, 0.2) is 0 Å². The van der Waals surface area contributed by atoms with E-state index in [1.807, 2.05) is 24.3 Å². The fraction of sp³-hybridized carbons (Fsp3) is 0.400.